The first-order valence-corrected chi connectivity index (χ1v) is 12.7. The molecular formula is C23H18N4O4S2. The number of hydrogen-bond donors (Lipinski definition) is 1. The summed E-state index contributed by atoms with van der Waals surface area (Å²) in [6, 6.07) is 18.1. The molecule has 10 heteroatoms. The Morgan fingerprint density at radius 2 is 1.82 bits per heavy atom. The molecule has 3 aromatic rings. The van der Waals surface area contributed by atoms with Gasteiger partial charge in [-0.05, 0) is 41.8 Å². The second kappa shape index (κ2) is 8.10. The minimum atomic E-state index is -3.86. The molecule has 166 valence electrons. The summed E-state index contributed by atoms with van der Waals surface area (Å²) in [6.07, 6.45) is 0. The standard InChI is InChI=1S/C23H18N4O4S2/c24-11-15-7-9-17(10-8-15)25-23(29)19-13-32-14-26(19)21(28)12-27-18-5-1-3-16-4-2-6-20(22(16)18)33(27,30)31/h1-10,19H,12-14H2,(H,25,29). The molecule has 3 aromatic carbocycles. The van der Waals surface area contributed by atoms with Crippen molar-refractivity contribution in [2.75, 3.05) is 27.8 Å². The van der Waals surface area contributed by atoms with Gasteiger partial charge in [-0.3, -0.25) is 13.9 Å². The lowest BCUT2D eigenvalue weighted by atomic mass is 10.1. The Kier molecular flexibility index (Phi) is 5.23. The fourth-order valence-electron chi connectivity index (χ4n) is 4.10. The number of nitrogens with zero attached hydrogens (tertiary/aromatic N) is 3. The van der Waals surface area contributed by atoms with Gasteiger partial charge in [-0.15, -0.1) is 11.8 Å². The highest BCUT2D eigenvalue weighted by molar-refractivity contribution is 7.99. The first-order valence-electron chi connectivity index (χ1n) is 10.1. The van der Waals surface area contributed by atoms with E-state index in [1.165, 1.54) is 16.7 Å². The van der Waals surface area contributed by atoms with Crippen LogP contribution >= 0.6 is 11.8 Å². The van der Waals surface area contributed by atoms with E-state index in [0.717, 1.165) is 9.69 Å². The minimum Gasteiger partial charge on any atom is -0.324 e. The third-order valence-electron chi connectivity index (χ3n) is 5.75. The molecule has 0 radical (unpaired) electrons. The number of anilines is 2. The van der Waals surface area contributed by atoms with E-state index in [-0.39, 0.29) is 17.3 Å². The number of rotatable bonds is 4. The number of hydrogen-bond acceptors (Lipinski definition) is 6. The minimum absolute atomic E-state index is 0.189. The number of benzene rings is 3. The molecular weight excluding hydrogens is 460 g/mol. The van der Waals surface area contributed by atoms with E-state index in [2.05, 4.69) is 5.32 Å². The zero-order valence-corrected chi connectivity index (χ0v) is 18.9. The molecule has 1 atom stereocenters. The Morgan fingerprint density at radius 3 is 2.55 bits per heavy atom. The number of thioether (sulfide) groups is 1. The molecule has 2 heterocycles. The highest BCUT2D eigenvalue weighted by Crippen LogP contribution is 2.42. The number of carbonyl (C=O) groups excluding carboxylic acids is 2. The van der Waals surface area contributed by atoms with Crippen LogP contribution in [0.1, 0.15) is 5.56 Å². The van der Waals surface area contributed by atoms with Crippen LogP contribution in [0.15, 0.2) is 65.6 Å². The van der Waals surface area contributed by atoms with E-state index in [1.807, 2.05) is 18.2 Å². The highest BCUT2D eigenvalue weighted by atomic mass is 32.2. The fraction of sp³-hybridized carbons (Fsp3) is 0.174. The number of nitrogens with one attached hydrogen (secondary N) is 1. The van der Waals surface area contributed by atoms with Gasteiger partial charge in [-0.1, -0.05) is 24.3 Å². The van der Waals surface area contributed by atoms with Crippen LogP contribution in [0.25, 0.3) is 10.8 Å². The van der Waals surface area contributed by atoms with Crippen molar-refractivity contribution in [3.8, 4) is 6.07 Å². The Balaban J connectivity index is 1.36. The predicted octanol–water partition coefficient (Wildman–Crippen LogP) is 2.76. The van der Waals surface area contributed by atoms with Crippen molar-refractivity contribution in [1.29, 1.82) is 5.26 Å². The van der Waals surface area contributed by atoms with Gasteiger partial charge in [0, 0.05) is 16.8 Å². The zero-order valence-electron chi connectivity index (χ0n) is 17.3. The number of amides is 2. The normalized spacial score (nSPS) is 18.3. The van der Waals surface area contributed by atoms with Gasteiger partial charge in [0.05, 0.1) is 28.1 Å². The lowest BCUT2D eigenvalue weighted by molar-refractivity contribution is -0.134. The van der Waals surface area contributed by atoms with Crippen LogP contribution in [0.2, 0.25) is 0 Å². The maximum Gasteiger partial charge on any atom is 0.265 e. The van der Waals surface area contributed by atoms with E-state index >= 15 is 0 Å². The fourth-order valence-corrected chi connectivity index (χ4v) is 6.94. The Hall–Kier alpha value is -3.55. The number of carbonyl (C=O) groups is 2. The van der Waals surface area contributed by atoms with Gasteiger partial charge in [0.2, 0.25) is 11.8 Å². The van der Waals surface area contributed by atoms with Gasteiger partial charge in [0.15, 0.2) is 0 Å². The van der Waals surface area contributed by atoms with E-state index in [4.69, 9.17) is 5.26 Å². The van der Waals surface area contributed by atoms with Crippen molar-refractivity contribution in [1.82, 2.24) is 4.90 Å². The Morgan fingerprint density at radius 1 is 1.09 bits per heavy atom. The average Bonchev–Trinajstić information content (AvgIpc) is 3.39. The first-order chi connectivity index (χ1) is 15.9. The summed E-state index contributed by atoms with van der Waals surface area (Å²) in [5.74, 6) is -0.0766. The van der Waals surface area contributed by atoms with Crippen molar-refractivity contribution in [3.05, 3.63) is 66.2 Å². The number of nitriles is 1. The van der Waals surface area contributed by atoms with Crippen LogP contribution in [-0.4, -0.2) is 49.3 Å². The molecule has 1 saturated heterocycles. The van der Waals surface area contributed by atoms with Gasteiger partial charge in [0.25, 0.3) is 10.0 Å². The van der Waals surface area contributed by atoms with Gasteiger partial charge in [-0.25, -0.2) is 8.42 Å². The zero-order chi connectivity index (χ0) is 23.2. The van der Waals surface area contributed by atoms with Crippen LogP contribution in [0.3, 0.4) is 0 Å². The van der Waals surface area contributed by atoms with E-state index in [1.54, 1.807) is 48.5 Å². The second-order valence-electron chi connectivity index (χ2n) is 7.70. The topological polar surface area (TPSA) is 111 Å². The molecule has 1 unspecified atom stereocenters. The molecule has 5 rings (SSSR count). The second-order valence-corrected chi connectivity index (χ2v) is 10.5. The Labute approximate surface area is 194 Å². The lowest BCUT2D eigenvalue weighted by Gasteiger charge is -2.26. The third-order valence-corrected chi connectivity index (χ3v) is 8.56. The summed E-state index contributed by atoms with van der Waals surface area (Å²) in [4.78, 5) is 27.7. The molecule has 8 nitrogen and oxygen atoms in total. The van der Waals surface area contributed by atoms with E-state index in [9.17, 15) is 18.0 Å². The van der Waals surface area contributed by atoms with Crippen molar-refractivity contribution in [2.45, 2.75) is 10.9 Å². The molecule has 1 fully saturated rings. The molecule has 33 heavy (non-hydrogen) atoms. The summed E-state index contributed by atoms with van der Waals surface area (Å²) in [6.45, 7) is -0.378. The summed E-state index contributed by atoms with van der Waals surface area (Å²) >= 11 is 1.44. The van der Waals surface area contributed by atoms with Gasteiger partial charge >= 0.3 is 0 Å². The van der Waals surface area contributed by atoms with Crippen LogP contribution in [0.5, 0.6) is 0 Å². The quantitative estimate of drug-likeness (QED) is 0.617. The first kappa shape index (κ1) is 21.3. The van der Waals surface area contributed by atoms with E-state index in [0.29, 0.717) is 34.0 Å². The van der Waals surface area contributed by atoms with Crippen molar-refractivity contribution in [2.24, 2.45) is 0 Å². The molecule has 0 aliphatic carbocycles. The molecule has 0 spiro atoms. The van der Waals surface area contributed by atoms with Gasteiger partial charge < -0.3 is 10.2 Å². The van der Waals surface area contributed by atoms with Crippen molar-refractivity contribution < 1.29 is 18.0 Å². The average molecular weight is 479 g/mol. The maximum absolute atomic E-state index is 13.2. The summed E-state index contributed by atoms with van der Waals surface area (Å²) < 4.78 is 27.5. The highest BCUT2D eigenvalue weighted by Gasteiger charge is 2.40. The van der Waals surface area contributed by atoms with Crippen molar-refractivity contribution >= 4 is 55.7 Å². The predicted molar refractivity (Wildman–Crippen MR) is 126 cm³/mol. The summed E-state index contributed by atoms with van der Waals surface area (Å²) in [5.41, 5.74) is 1.47. The van der Waals surface area contributed by atoms with Crippen LogP contribution in [0.4, 0.5) is 11.4 Å². The number of sulfonamides is 1. The van der Waals surface area contributed by atoms with Crippen LogP contribution < -0.4 is 9.62 Å². The summed E-state index contributed by atoms with van der Waals surface area (Å²) in [5, 5.41) is 13.1. The van der Waals surface area contributed by atoms with Gasteiger partial charge in [-0.2, -0.15) is 5.26 Å². The van der Waals surface area contributed by atoms with Gasteiger partial charge in [0.1, 0.15) is 12.6 Å². The molecule has 1 N–H and O–H groups in total. The molecule has 0 saturated carbocycles. The molecule has 0 bridgehead atoms. The van der Waals surface area contributed by atoms with E-state index < -0.39 is 22.0 Å². The smallest absolute Gasteiger partial charge is 0.265 e. The molecule has 0 aromatic heterocycles. The van der Waals surface area contributed by atoms with Crippen molar-refractivity contribution in [3.63, 3.8) is 0 Å². The monoisotopic (exact) mass is 478 g/mol. The van der Waals surface area contributed by atoms with Crippen LogP contribution in [-0.2, 0) is 19.6 Å². The molecule has 2 aliphatic heterocycles. The Bertz CT molecular complexity index is 1430. The third kappa shape index (κ3) is 3.59. The molecule has 2 amide bonds. The maximum atomic E-state index is 13.2. The van der Waals surface area contributed by atoms with Crippen LogP contribution in [0, 0.1) is 11.3 Å². The summed E-state index contributed by atoms with van der Waals surface area (Å²) in [7, 11) is -3.86. The lowest BCUT2D eigenvalue weighted by Crippen LogP contribution is -2.48. The molecule has 2 aliphatic rings. The largest absolute Gasteiger partial charge is 0.324 e. The SMILES string of the molecule is N#Cc1ccc(NC(=O)C2CSCN2C(=O)CN2c3cccc4cccc(c34)S2(=O)=O)cc1.